The minimum absolute atomic E-state index is 0.226. The quantitative estimate of drug-likeness (QED) is 0.687. The summed E-state index contributed by atoms with van der Waals surface area (Å²) in [6.07, 6.45) is 9.10. The van der Waals surface area contributed by atoms with Crippen LogP contribution in [0, 0.1) is 5.41 Å². The summed E-state index contributed by atoms with van der Waals surface area (Å²) in [7, 11) is 0. The van der Waals surface area contributed by atoms with Crippen LogP contribution in [-0.4, -0.2) is 23.4 Å². The number of amides is 1. The van der Waals surface area contributed by atoms with Crippen molar-refractivity contribution >= 4 is 16.7 Å². The minimum atomic E-state index is 0.226. The summed E-state index contributed by atoms with van der Waals surface area (Å²) in [4.78, 5) is 15.6. The van der Waals surface area contributed by atoms with Crippen LogP contribution in [0.15, 0.2) is 42.5 Å². The zero-order valence-corrected chi connectivity index (χ0v) is 14.6. The Morgan fingerprint density at radius 1 is 1.00 bits per heavy atom. The van der Waals surface area contributed by atoms with Gasteiger partial charge in [0, 0.05) is 18.2 Å². The first kappa shape index (κ1) is 15.7. The second kappa shape index (κ2) is 6.23. The van der Waals surface area contributed by atoms with Crippen LogP contribution in [0.3, 0.4) is 0 Å². The predicted molar refractivity (Wildman–Crippen MR) is 99.2 cm³/mol. The molecule has 1 amide bonds. The Kier molecular flexibility index (Phi) is 4.07. The van der Waals surface area contributed by atoms with Gasteiger partial charge in [-0.25, -0.2) is 0 Å². The fraction of sp³-hybridized carbons (Fsp3) is 0.500. The number of carbonyl (C=O) groups excluding carboxylic acids is 1. The number of hydrogen-bond donors (Lipinski definition) is 0. The number of nitrogens with zero attached hydrogens (tertiary/aromatic N) is 1. The zero-order chi connectivity index (χ0) is 16.6. The van der Waals surface area contributed by atoms with E-state index in [9.17, 15) is 4.79 Å². The lowest BCUT2D eigenvalue weighted by Crippen LogP contribution is -2.51. The van der Waals surface area contributed by atoms with Crippen molar-refractivity contribution in [2.45, 2.75) is 57.9 Å². The van der Waals surface area contributed by atoms with E-state index in [0.717, 1.165) is 29.3 Å². The SMILES string of the molecule is CC1CCC2(CCCCC2)CN1C(=O)c1cccc2ccccc12. The average Bonchev–Trinajstić information content (AvgIpc) is 2.64. The molecule has 24 heavy (non-hydrogen) atoms. The largest absolute Gasteiger partial charge is 0.335 e. The highest BCUT2D eigenvalue weighted by atomic mass is 16.2. The molecule has 1 aliphatic carbocycles. The van der Waals surface area contributed by atoms with Crippen LogP contribution in [0.4, 0.5) is 0 Å². The van der Waals surface area contributed by atoms with Crippen molar-refractivity contribution in [3.8, 4) is 0 Å². The molecule has 1 saturated heterocycles. The molecule has 0 aromatic heterocycles. The van der Waals surface area contributed by atoms with Gasteiger partial charge in [0.05, 0.1) is 0 Å². The first-order valence-corrected chi connectivity index (χ1v) is 9.47. The van der Waals surface area contributed by atoms with Gasteiger partial charge in [-0.3, -0.25) is 4.79 Å². The van der Waals surface area contributed by atoms with Crippen molar-refractivity contribution in [2.24, 2.45) is 5.41 Å². The van der Waals surface area contributed by atoms with Crippen molar-refractivity contribution in [2.75, 3.05) is 6.54 Å². The minimum Gasteiger partial charge on any atom is -0.335 e. The molecule has 1 spiro atoms. The number of benzene rings is 2. The van der Waals surface area contributed by atoms with E-state index < -0.39 is 0 Å². The maximum atomic E-state index is 13.4. The van der Waals surface area contributed by atoms with Crippen LogP contribution in [-0.2, 0) is 0 Å². The highest BCUT2D eigenvalue weighted by molar-refractivity contribution is 6.07. The summed E-state index contributed by atoms with van der Waals surface area (Å²) in [6, 6.07) is 14.7. The Bertz CT molecular complexity index is 739. The van der Waals surface area contributed by atoms with Crippen molar-refractivity contribution in [3.05, 3.63) is 48.0 Å². The van der Waals surface area contributed by atoms with Gasteiger partial charge in [0.2, 0.25) is 0 Å². The topological polar surface area (TPSA) is 20.3 Å². The van der Waals surface area contributed by atoms with E-state index in [0.29, 0.717) is 11.5 Å². The van der Waals surface area contributed by atoms with Gasteiger partial charge in [-0.1, -0.05) is 55.7 Å². The zero-order valence-electron chi connectivity index (χ0n) is 14.6. The Morgan fingerprint density at radius 3 is 2.58 bits per heavy atom. The maximum Gasteiger partial charge on any atom is 0.254 e. The highest BCUT2D eigenvalue weighted by Gasteiger charge is 2.40. The summed E-state index contributed by atoms with van der Waals surface area (Å²) in [5.74, 6) is 0.226. The van der Waals surface area contributed by atoms with E-state index in [-0.39, 0.29) is 5.91 Å². The molecule has 4 rings (SSSR count). The van der Waals surface area contributed by atoms with Crippen LogP contribution < -0.4 is 0 Å². The Hall–Kier alpha value is -1.83. The summed E-state index contributed by atoms with van der Waals surface area (Å²) in [5.41, 5.74) is 1.26. The van der Waals surface area contributed by atoms with Crippen molar-refractivity contribution < 1.29 is 4.79 Å². The Labute approximate surface area is 144 Å². The number of carbonyl (C=O) groups is 1. The number of fused-ring (bicyclic) bond motifs is 1. The van der Waals surface area contributed by atoms with Crippen LogP contribution in [0.5, 0.6) is 0 Å². The molecule has 2 aromatic rings. The molecular weight excluding hydrogens is 294 g/mol. The first-order valence-electron chi connectivity index (χ1n) is 9.47. The molecule has 2 fully saturated rings. The van der Waals surface area contributed by atoms with Crippen LogP contribution in [0.25, 0.3) is 10.8 Å². The number of rotatable bonds is 1. The second-order valence-corrected chi connectivity index (χ2v) is 7.91. The molecule has 1 atom stereocenters. The molecule has 2 aromatic carbocycles. The molecule has 2 aliphatic rings. The van der Waals surface area contributed by atoms with Gasteiger partial charge in [0.25, 0.3) is 5.91 Å². The molecule has 1 aliphatic heterocycles. The molecule has 126 valence electrons. The Morgan fingerprint density at radius 2 is 1.75 bits per heavy atom. The molecule has 1 unspecified atom stereocenters. The van der Waals surface area contributed by atoms with Crippen LogP contribution >= 0.6 is 0 Å². The lowest BCUT2D eigenvalue weighted by Gasteiger charge is -2.48. The maximum absolute atomic E-state index is 13.4. The van der Waals surface area contributed by atoms with E-state index in [4.69, 9.17) is 0 Å². The van der Waals surface area contributed by atoms with Crippen molar-refractivity contribution in [3.63, 3.8) is 0 Å². The van der Waals surface area contributed by atoms with E-state index in [1.165, 1.54) is 38.5 Å². The Balaban J connectivity index is 1.66. The summed E-state index contributed by atoms with van der Waals surface area (Å²) in [6.45, 7) is 3.18. The summed E-state index contributed by atoms with van der Waals surface area (Å²) < 4.78 is 0. The standard InChI is InChI=1S/C22H27NO/c1-17-12-15-22(13-5-2-6-14-22)16-23(17)21(24)20-11-7-9-18-8-3-4-10-19(18)20/h3-4,7-11,17H,2,5-6,12-16H2,1H3. The van der Waals surface area contributed by atoms with Gasteiger partial charge < -0.3 is 4.90 Å². The van der Waals surface area contributed by atoms with Crippen LogP contribution in [0.2, 0.25) is 0 Å². The van der Waals surface area contributed by atoms with Gasteiger partial charge in [-0.05, 0) is 54.9 Å². The van der Waals surface area contributed by atoms with Gasteiger partial charge in [-0.2, -0.15) is 0 Å². The lowest BCUT2D eigenvalue weighted by atomic mass is 9.68. The van der Waals surface area contributed by atoms with E-state index in [1.807, 2.05) is 24.3 Å². The fourth-order valence-electron chi connectivity index (χ4n) is 4.82. The molecule has 1 heterocycles. The number of hydrogen-bond acceptors (Lipinski definition) is 1. The second-order valence-electron chi connectivity index (χ2n) is 7.91. The van der Waals surface area contributed by atoms with Crippen molar-refractivity contribution in [1.82, 2.24) is 4.90 Å². The van der Waals surface area contributed by atoms with Gasteiger partial charge >= 0.3 is 0 Å². The molecule has 1 saturated carbocycles. The monoisotopic (exact) mass is 321 g/mol. The van der Waals surface area contributed by atoms with Gasteiger partial charge in [-0.15, -0.1) is 0 Å². The molecule has 0 radical (unpaired) electrons. The third-order valence-electron chi connectivity index (χ3n) is 6.33. The van der Waals surface area contributed by atoms with E-state index in [1.54, 1.807) is 0 Å². The van der Waals surface area contributed by atoms with E-state index >= 15 is 0 Å². The summed E-state index contributed by atoms with van der Waals surface area (Å²) >= 11 is 0. The third-order valence-corrected chi connectivity index (χ3v) is 6.33. The predicted octanol–water partition coefficient (Wildman–Crippen LogP) is 5.41. The molecule has 2 heteroatoms. The van der Waals surface area contributed by atoms with Crippen LogP contribution in [0.1, 0.15) is 62.2 Å². The smallest absolute Gasteiger partial charge is 0.254 e. The van der Waals surface area contributed by atoms with E-state index in [2.05, 4.69) is 30.0 Å². The third kappa shape index (κ3) is 2.72. The lowest BCUT2D eigenvalue weighted by molar-refractivity contribution is 0.0195. The fourth-order valence-corrected chi connectivity index (χ4v) is 4.82. The molecular formula is C22H27NO. The number of likely N-dealkylation sites (tertiary alicyclic amines) is 1. The number of piperidine rings is 1. The molecule has 0 bridgehead atoms. The summed E-state index contributed by atoms with van der Waals surface area (Å²) in [5, 5.41) is 2.24. The van der Waals surface area contributed by atoms with Gasteiger partial charge in [0.1, 0.15) is 0 Å². The highest BCUT2D eigenvalue weighted by Crippen LogP contribution is 2.45. The molecule has 2 nitrogen and oxygen atoms in total. The average molecular weight is 321 g/mol. The van der Waals surface area contributed by atoms with Crippen molar-refractivity contribution in [1.29, 1.82) is 0 Å². The van der Waals surface area contributed by atoms with Gasteiger partial charge in [0.15, 0.2) is 0 Å². The first-order chi connectivity index (χ1) is 11.7. The normalized spacial score (nSPS) is 23.5. The molecule has 0 N–H and O–H groups in total.